The van der Waals surface area contributed by atoms with E-state index in [1.54, 1.807) is 45.2 Å². The van der Waals surface area contributed by atoms with E-state index in [4.69, 9.17) is 27.9 Å². The number of rotatable bonds is 6. The summed E-state index contributed by atoms with van der Waals surface area (Å²) in [5, 5.41) is 10.2. The predicted octanol–water partition coefficient (Wildman–Crippen LogP) is 5.83. The van der Waals surface area contributed by atoms with Gasteiger partial charge < -0.3 is 9.84 Å². The highest BCUT2D eigenvalue weighted by Gasteiger charge is 2.32. The van der Waals surface area contributed by atoms with E-state index in [0.29, 0.717) is 11.3 Å². The van der Waals surface area contributed by atoms with Crippen molar-refractivity contribution < 1.29 is 23.0 Å². The van der Waals surface area contributed by atoms with E-state index in [1.165, 1.54) is 23.6 Å². The minimum absolute atomic E-state index is 0.0223. The van der Waals surface area contributed by atoms with Crippen LogP contribution in [0.25, 0.3) is 16.9 Å². The van der Waals surface area contributed by atoms with Crippen LogP contribution in [0.3, 0.4) is 0 Å². The van der Waals surface area contributed by atoms with Crippen molar-refractivity contribution in [1.82, 2.24) is 24.5 Å². The van der Waals surface area contributed by atoms with Crippen molar-refractivity contribution in [3.05, 3.63) is 91.6 Å². The molecule has 0 saturated carbocycles. The fourth-order valence-electron chi connectivity index (χ4n) is 3.68. The average Bonchev–Trinajstić information content (AvgIpc) is 2.86. The molecule has 0 aliphatic carbocycles. The number of halogens is 5. The van der Waals surface area contributed by atoms with E-state index < -0.39 is 34.7 Å². The molecule has 0 radical (unpaired) electrons. The maximum Gasteiger partial charge on any atom is 0.433 e. The quantitative estimate of drug-likeness (QED) is 0.306. The Morgan fingerprint density at radius 2 is 1.77 bits per heavy atom. The monoisotopic (exact) mass is 579 g/mol. The molecule has 0 fully saturated rings. The third kappa shape index (κ3) is 6.05. The molecule has 1 aromatic carbocycles. The summed E-state index contributed by atoms with van der Waals surface area (Å²) in [7, 11) is 0. The number of ether oxygens (including phenoxy) is 1. The Labute approximate surface area is 231 Å². The van der Waals surface area contributed by atoms with Gasteiger partial charge in [0.2, 0.25) is 5.88 Å². The van der Waals surface area contributed by atoms with Crippen molar-refractivity contribution in [3.63, 3.8) is 0 Å². The first-order chi connectivity index (χ1) is 18.2. The van der Waals surface area contributed by atoms with Crippen molar-refractivity contribution >= 4 is 23.2 Å². The van der Waals surface area contributed by atoms with Crippen molar-refractivity contribution in [2.45, 2.75) is 46.1 Å². The van der Waals surface area contributed by atoms with Crippen LogP contribution in [0.4, 0.5) is 13.2 Å². The highest BCUT2D eigenvalue weighted by Crippen LogP contribution is 2.31. The molecular weight excluding hydrogens is 558 g/mol. The molecule has 39 heavy (non-hydrogen) atoms. The molecule has 0 aliphatic heterocycles. The Kier molecular flexibility index (Phi) is 7.70. The van der Waals surface area contributed by atoms with Crippen LogP contribution < -0.4 is 10.3 Å². The molecule has 3 heterocycles. The van der Waals surface area contributed by atoms with Crippen molar-refractivity contribution in [1.29, 1.82) is 0 Å². The Morgan fingerprint density at radius 1 is 1.05 bits per heavy atom. The fourth-order valence-corrected chi connectivity index (χ4v) is 4.07. The summed E-state index contributed by atoms with van der Waals surface area (Å²) in [4.78, 5) is 29.8. The number of alkyl halides is 3. The van der Waals surface area contributed by atoms with E-state index >= 15 is 0 Å². The van der Waals surface area contributed by atoms with Gasteiger partial charge in [-0.1, -0.05) is 35.3 Å². The van der Waals surface area contributed by atoms with Crippen molar-refractivity contribution in [2.24, 2.45) is 0 Å². The van der Waals surface area contributed by atoms with Crippen LogP contribution in [0.2, 0.25) is 10.0 Å². The topological polar surface area (TPSA) is 103 Å². The van der Waals surface area contributed by atoms with E-state index in [0.717, 1.165) is 11.6 Å². The zero-order chi connectivity index (χ0) is 28.7. The SMILES string of the molecule is Cc1cnc(C(C)(C)O)nc1-c1ccc(Cl)c(-n2c(C)nc(OCc3cccc(C(F)(F)F)n3)c(Cl)c2=O)c1. The zero-order valence-electron chi connectivity index (χ0n) is 21.1. The van der Waals surface area contributed by atoms with E-state index in [9.17, 15) is 23.1 Å². The Balaban J connectivity index is 1.71. The molecule has 0 amide bonds. The summed E-state index contributed by atoms with van der Waals surface area (Å²) >= 11 is 12.7. The highest BCUT2D eigenvalue weighted by atomic mass is 35.5. The second-order valence-electron chi connectivity index (χ2n) is 9.17. The number of aliphatic hydroxyl groups is 1. The summed E-state index contributed by atoms with van der Waals surface area (Å²) in [6.07, 6.45) is -3.03. The lowest BCUT2D eigenvalue weighted by Crippen LogP contribution is -2.24. The van der Waals surface area contributed by atoms with Gasteiger partial charge >= 0.3 is 6.18 Å². The lowest BCUT2D eigenvalue weighted by Gasteiger charge is -2.18. The Hall–Kier alpha value is -3.54. The number of nitrogens with zero attached hydrogens (tertiary/aromatic N) is 5. The molecule has 0 bridgehead atoms. The van der Waals surface area contributed by atoms with Gasteiger partial charge in [0.05, 0.1) is 22.1 Å². The maximum atomic E-state index is 13.3. The molecule has 0 unspecified atom stereocenters. The number of hydrogen-bond donors (Lipinski definition) is 1. The number of benzene rings is 1. The molecule has 0 aliphatic rings. The second-order valence-corrected chi connectivity index (χ2v) is 9.95. The lowest BCUT2D eigenvalue weighted by atomic mass is 10.0. The average molecular weight is 580 g/mol. The van der Waals surface area contributed by atoms with Gasteiger partial charge in [-0.15, -0.1) is 0 Å². The van der Waals surface area contributed by atoms with Gasteiger partial charge in [0.15, 0.2) is 10.8 Å². The summed E-state index contributed by atoms with van der Waals surface area (Å²) in [5.41, 5.74) is -0.961. The minimum Gasteiger partial charge on any atom is -0.470 e. The molecule has 0 spiro atoms. The molecule has 13 heteroatoms. The lowest BCUT2D eigenvalue weighted by molar-refractivity contribution is -0.141. The predicted molar refractivity (Wildman–Crippen MR) is 139 cm³/mol. The largest absolute Gasteiger partial charge is 0.470 e. The van der Waals surface area contributed by atoms with Crippen LogP contribution in [0.1, 0.15) is 42.4 Å². The van der Waals surface area contributed by atoms with Crippen LogP contribution >= 0.6 is 23.2 Å². The molecule has 3 aromatic heterocycles. The van der Waals surface area contributed by atoms with Gasteiger partial charge in [-0.2, -0.15) is 18.2 Å². The van der Waals surface area contributed by atoms with E-state index in [-0.39, 0.29) is 33.9 Å². The van der Waals surface area contributed by atoms with Gasteiger partial charge in [-0.3, -0.25) is 9.36 Å². The molecule has 8 nitrogen and oxygen atoms in total. The first kappa shape index (κ1) is 28.5. The van der Waals surface area contributed by atoms with Crippen molar-refractivity contribution in [2.75, 3.05) is 0 Å². The highest BCUT2D eigenvalue weighted by molar-refractivity contribution is 6.33. The zero-order valence-corrected chi connectivity index (χ0v) is 22.7. The number of aryl methyl sites for hydroxylation is 2. The third-order valence-corrected chi connectivity index (χ3v) is 6.24. The Morgan fingerprint density at radius 3 is 2.44 bits per heavy atom. The van der Waals surface area contributed by atoms with Gasteiger partial charge in [0, 0.05) is 11.8 Å². The fraction of sp³-hybridized carbons (Fsp3) is 0.269. The smallest absolute Gasteiger partial charge is 0.433 e. The third-order valence-electron chi connectivity index (χ3n) is 5.60. The van der Waals surface area contributed by atoms with Crippen LogP contribution in [-0.2, 0) is 18.4 Å². The van der Waals surface area contributed by atoms with Crippen LogP contribution in [0, 0.1) is 13.8 Å². The van der Waals surface area contributed by atoms with E-state index in [2.05, 4.69) is 19.9 Å². The van der Waals surface area contributed by atoms with Crippen molar-refractivity contribution in [3.8, 4) is 22.8 Å². The molecule has 4 rings (SSSR count). The molecular formula is C26H22Cl2F3N5O3. The van der Waals surface area contributed by atoms with Gasteiger partial charge in [0.25, 0.3) is 5.56 Å². The van der Waals surface area contributed by atoms with Gasteiger partial charge in [0.1, 0.15) is 23.7 Å². The number of pyridine rings is 1. The first-order valence-corrected chi connectivity index (χ1v) is 12.2. The standard InChI is InChI=1S/C26H22Cl2F3N5O3/c1-13-11-32-24(25(3,4)38)35-21(13)15-8-9-17(27)18(10-15)36-14(2)33-22(20(28)23(36)37)39-12-16-6-5-7-19(34-16)26(29,30)31/h5-11,38H,12H2,1-4H3. The van der Waals surface area contributed by atoms with Crippen LogP contribution in [-0.4, -0.2) is 29.6 Å². The first-order valence-electron chi connectivity index (χ1n) is 11.5. The molecule has 1 N–H and O–H groups in total. The van der Waals surface area contributed by atoms with Crippen LogP contribution in [0.15, 0.2) is 47.4 Å². The van der Waals surface area contributed by atoms with Gasteiger partial charge in [-0.25, -0.2) is 15.0 Å². The molecule has 4 aromatic rings. The normalized spacial score (nSPS) is 12.1. The summed E-state index contributed by atoms with van der Waals surface area (Å²) < 4.78 is 45.5. The molecule has 0 saturated heterocycles. The summed E-state index contributed by atoms with van der Waals surface area (Å²) in [6.45, 7) is 6.07. The molecule has 0 atom stereocenters. The van der Waals surface area contributed by atoms with E-state index in [1.807, 2.05) is 0 Å². The second kappa shape index (κ2) is 10.6. The number of hydrogen-bond acceptors (Lipinski definition) is 7. The summed E-state index contributed by atoms with van der Waals surface area (Å²) in [5.74, 6) is 0.116. The minimum atomic E-state index is -4.61. The molecule has 204 valence electrons. The Bertz CT molecular complexity index is 1620. The van der Waals surface area contributed by atoms with Crippen LogP contribution in [0.5, 0.6) is 5.88 Å². The number of aromatic nitrogens is 5. The summed E-state index contributed by atoms with van der Waals surface area (Å²) in [6, 6.07) is 8.32. The van der Waals surface area contributed by atoms with Gasteiger partial charge in [-0.05, 0) is 57.5 Å². The maximum absolute atomic E-state index is 13.3.